The van der Waals surface area contributed by atoms with E-state index in [2.05, 4.69) is 16.0 Å². The largest absolute Gasteiger partial charge is 0.444 e. The zero-order valence-corrected chi connectivity index (χ0v) is 17.6. The van der Waals surface area contributed by atoms with Gasteiger partial charge in [-0.05, 0) is 63.3 Å². The average molecular weight is 421 g/mol. The van der Waals surface area contributed by atoms with Gasteiger partial charge in [0.1, 0.15) is 23.3 Å². The van der Waals surface area contributed by atoms with Crippen molar-refractivity contribution in [2.24, 2.45) is 11.7 Å². The van der Waals surface area contributed by atoms with E-state index in [1.54, 1.807) is 24.3 Å². The summed E-state index contributed by atoms with van der Waals surface area (Å²) in [6.45, 7) is 5.18. The molecule has 1 aliphatic heterocycles. The molecule has 8 heteroatoms. The summed E-state index contributed by atoms with van der Waals surface area (Å²) in [7, 11) is 0. The number of nitrogens with zero attached hydrogens (tertiary/aromatic N) is 4. The van der Waals surface area contributed by atoms with Gasteiger partial charge in [-0.25, -0.2) is 14.2 Å². The van der Waals surface area contributed by atoms with E-state index in [1.165, 1.54) is 12.1 Å². The minimum Gasteiger partial charge on any atom is -0.444 e. The summed E-state index contributed by atoms with van der Waals surface area (Å²) < 4.78 is 19.3. The third-order valence-electron chi connectivity index (χ3n) is 5.42. The number of halogens is 1. The molecule has 1 fully saturated rings. The second kappa shape index (κ2) is 9.01. The molecule has 2 aromatic rings. The second-order valence-electron chi connectivity index (χ2n) is 8.33. The van der Waals surface area contributed by atoms with E-state index in [4.69, 9.17) is 15.7 Å². The average Bonchev–Trinajstić information content (AvgIpc) is 2.72. The Hall–Kier alpha value is -3.65. The number of nitriles is 2. The first-order valence-corrected chi connectivity index (χ1v) is 10.1. The molecule has 0 unspecified atom stereocenters. The standard InChI is InChI=1S/C23H24FN5O2/c1-23(2,31-22(27)30)12-15-5-7-29(8-6-15)21-10-16(13-25)9-20(28-21)17-3-4-18(14-26)19(24)11-17/h3-4,9-11,15H,5-8,12H2,1-2H3,(H2,27,30). The molecule has 1 saturated heterocycles. The fraction of sp³-hybridized carbons (Fsp3) is 0.391. The Morgan fingerprint density at radius 1 is 1.26 bits per heavy atom. The fourth-order valence-corrected chi connectivity index (χ4v) is 4.03. The maximum absolute atomic E-state index is 14.1. The minimum atomic E-state index is -0.772. The van der Waals surface area contributed by atoms with Crippen LogP contribution in [0.1, 0.15) is 44.2 Å². The highest BCUT2D eigenvalue weighted by Crippen LogP contribution is 2.31. The molecule has 3 rings (SSSR count). The molecule has 2 heterocycles. The molecule has 160 valence electrons. The van der Waals surface area contributed by atoms with Gasteiger partial charge >= 0.3 is 6.09 Å². The van der Waals surface area contributed by atoms with Crippen LogP contribution in [-0.2, 0) is 4.74 Å². The van der Waals surface area contributed by atoms with Crippen molar-refractivity contribution in [1.29, 1.82) is 10.5 Å². The Morgan fingerprint density at radius 2 is 1.97 bits per heavy atom. The van der Waals surface area contributed by atoms with E-state index < -0.39 is 17.5 Å². The summed E-state index contributed by atoms with van der Waals surface area (Å²) in [6.07, 6.45) is 1.70. The Kier molecular flexibility index (Phi) is 6.41. The molecule has 0 atom stereocenters. The van der Waals surface area contributed by atoms with Gasteiger partial charge in [-0.2, -0.15) is 10.5 Å². The van der Waals surface area contributed by atoms with Crippen molar-refractivity contribution in [1.82, 2.24) is 4.98 Å². The zero-order chi connectivity index (χ0) is 22.6. The molecule has 1 aromatic carbocycles. The Bertz CT molecular complexity index is 1060. The number of anilines is 1. The number of rotatable bonds is 5. The van der Waals surface area contributed by atoms with Crippen molar-refractivity contribution in [3.63, 3.8) is 0 Å². The van der Waals surface area contributed by atoms with Crippen molar-refractivity contribution in [2.75, 3.05) is 18.0 Å². The van der Waals surface area contributed by atoms with Gasteiger partial charge < -0.3 is 15.4 Å². The third-order valence-corrected chi connectivity index (χ3v) is 5.42. The smallest absolute Gasteiger partial charge is 0.405 e. The van der Waals surface area contributed by atoms with Crippen molar-refractivity contribution in [3.05, 3.63) is 47.3 Å². The Balaban J connectivity index is 1.76. The van der Waals surface area contributed by atoms with Crippen molar-refractivity contribution >= 4 is 11.9 Å². The summed E-state index contributed by atoms with van der Waals surface area (Å²) >= 11 is 0. The Labute approximate surface area is 180 Å². The number of benzene rings is 1. The topological polar surface area (TPSA) is 116 Å². The van der Waals surface area contributed by atoms with Gasteiger partial charge in [0.15, 0.2) is 0 Å². The summed E-state index contributed by atoms with van der Waals surface area (Å²) in [5.74, 6) is 0.411. The number of piperidine rings is 1. The lowest BCUT2D eigenvalue weighted by molar-refractivity contribution is 0.0236. The molecule has 31 heavy (non-hydrogen) atoms. The number of carbonyl (C=O) groups is 1. The van der Waals surface area contributed by atoms with E-state index in [0.717, 1.165) is 25.9 Å². The highest BCUT2D eigenvalue weighted by atomic mass is 19.1. The minimum absolute atomic E-state index is 0.0364. The van der Waals surface area contributed by atoms with Gasteiger partial charge in [0, 0.05) is 18.7 Å². The van der Waals surface area contributed by atoms with Crippen LogP contribution in [0.4, 0.5) is 15.0 Å². The second-order valence-corrected chi connectivity index (χ2v) is 8.33. The van der Waals surface area contributed by atoms with E-state index in [1.807, 2.05) is 13.8 Å². The van der Waals surface area contributed by atoms with Crippen molar-refractivity contribution in [3.8, 4) is 23.4 Å². The van der Waals surface area contributed by atoms with Crippen LogP contribution in [0, 0.1) is 34.4 Å². The number of aromatic nitrogens is 1. The molecule has 1 aliphatic rings. The lowest BCUT2D eigenvalue weighted by Crippen LogP contribution is -2.39. The van der Waals surface area contributed by atoms with Crippen LogP contribution in [0.2, 0.25) is 0 Å². The quantitative estimate of drug-likeness (QED) is 0.776. The van der Waals surface area contributed by atoms with E-state index in [0.29, 0.717) is 35.0 Å². The zero-order valence-electron chi connectivity index (χ0n) is 17.6. The van der Waals surface area contributed by atoms with Gasteiger partial charge in [-0.1, -0.05) is 6.07 Å². The predicted octanol–water partition coefficient (Wildman–Crippen LogP) is 4.11. The third kappa shape index (κ3) is 5.49. The van der Waals surface area contributed by atoms with Crippen LogP contribution in [-0.4, -0.2) is 29.8 Å². The van der Waals surface area contributed by atoms with E-state index in [9.17, 15) is 14.4 Å². The van der Waals surface area contributed by atoms with Crippen LogP contribution < -0.4 is 10.6 Å². The lowest BCUT2D eigenvalue weighted by atomic mass is 9.86. The van der Waals surface area contributed by atoms with E-state index in [-0.39, 0.29) is 5.56 Å². The highest BCUT2D eigenvalue weighted by molar-refractivity contribution is 5.66. The van der Waals surface area contributed by atoms with Crippen LogP contribution in [0.25, 0.3) is 11.3 Å². The van der Waals surface area contributed by atoms with Crippen LogP contribution in [0.5, 0.6) is 0 Å². The number of pyridine rings is 1. The molecule has 1 aromatic heterocycles. The molecular formula is C23H24FN5O2. The molecular weight excluding hydrogens is 397 g/mol. The molecule has 1 amide bonds. The van der Waals surface area contributed by atoms with E-state index >= 15 is 0 Å². The number of amides is 1. The fourth-order valence-electron chi connectivity index (χ4n) is 4.03. The summed E-state index contributed by atoms with van der Waals surface area (Å²) in [6, 6.07) is 11.6. The Morgan fingerprint density at radius 3 is 2.55 bits per heavy atom. The van der Waals surface area contributed by atoms with Gasteiger partial charge in [0.05, 0.1) is 22.9 Å². The number of hydrogen-bond acceptors (Lipinski definition) is 6. The number of primary amides is 1. The van der Waals surface area contributed by atoms with Gasteiger partial charge in [0.2, 0.25) is 0 Å². The maximum atomic E-state index is 14.1. The lowest BCUT2D eigenvalue weighted by Gasteiger charge is -2.36. The SMILES string of the molecule is CC(C)(CC1CCN(c2cc(C#N)cc(-c3ccc(C#N)c(F)c3)n2)CC1)OC(N)=O. The monoisotopic (exact) mass is 421 g/mol. The molecule has 7 nitrogen and oxygen atoms in total. The van der Waals surface area contributed by atoms with Crippen LogP contribution >= 0.6 is 0 Å². The van der Waals surface area contributed by atoms with Gasteiger partial charge in [-0.3, -0.25) is 0 Å². The summed E-state index contributed by atoms with van der Waals surface area (Å²) in [4.78, 5) is 17.8. The molecule has 0 saturated carbocycles. The van der Waals surface area contributed by atoms with Crippen molar-refractivity contribution in [2.45, 2.75) is 38.7 Å². The number of carbonyl (C=O) groups excluding carboxylic acids is 1. The first-order valence-electron chi connectivity index (χ1n) is 10.1. The highest BCUT2D eigenvalue weighted by Gasteiger charge is 2.29. The first-order chi connectivity index (χ1) is 14.7. The molecule has 0 bridgehead atoms. The van der Waals surface area contributed by atoms with Crippen LogP contribution in [0.3, 0.4) is 0 Å². The van der Waals surface area contributed by atoms with Crippen molar-refractivity contribution < 1.29 is 13.9 Å². The molecule has 0 spiro atoms. The van der Waals surface area contributed by atoms with Crippen LogP contribution in [0.15, 0.2) is 30.3 Å². The van der Waals surface area contributed by atoms with Gasteiger partial charge in [0.25, 0.3) is 0 Å². The summed E-state index contributed by atoms with van der Waals surface area (Å²) in [5.41, 5.74) is 5.92. The maximum Gasteiger partial charge on any atom is 0.405 e. The predicted molar refractivity (Wildman–Crippen MR) is 113 cm³/mol. The number of ether oxygens (including phenoxy) is 1. The number of nitrogens with two attached hydrogens (primary N) is 1. The number of hydrogen-bond donors (Lipinski definition) is 1. The molecule has 0 radical (unpaired) electrons. The summed E-state index contributed by atoms with van der Waals surface area (Å²) in [5, 5.41) is 18.4. The van der Waals surface area contributed by atoms with Gasteiger partial charge in [-0.15, -0.1) is 0 Å². The molecule has 2 N–H and O–H groups in total. The molecule has 0 aliphatic carbocycles. The normalized spacial score (nSPS) is 14.5. The first kappa shape index (κ1) is 22.0.